The van der Waals surface area contributed by atoms with E-state index in [4.69, 9.17) is 5.11 Å². The lowest BCUT2D eigenvalue weighted by molar-refractivity contribution is 0.0239. The van der Waals surface area contributed by atoms with E-state index in [9.17, 15) is 9.90 Å². The fraction of sp³-hybridized carbons (Fsp3) is 0.368. The maximum atomic E-state index is 12.5. The molecular formula is C19H22N2O3. The molecule has 2 aromatic rings. The minimum Gasteiger partial charge on any atom is -0.393 e. The van der Waals surface area contributed by atoms with E-state index in [1.807, 2.05) is 12.1 Å². The predicted octanol–water partition coefficient (Wildman–Crippen LogP) is 1.69. The van der Waals surface area contributed by atoms with Crippen molar-refractivity contribution in [2.45, 2.75) is 38.0 Å². The zero-order valence-corrected chi connectivity index (χ0v) is 13.4. The van der Waals surface area contributed by atoms with Crippen molar-refractivity contribution in [3.8, 4) is 0 Å². The Morgan fingerprint density at radius 3 is 2.38 bits per heavy atom. The Morgan fingerprint density at radius 1 is 1.12 bits per heavy atom. The van der Waals surface area contributed by atoms with Gasteiger partial charge in [-0.2, -0.15) is 0 Å². The van der Waals surface area contributed by atoms with Gasteiger partial charge in [0.25, 0.3) is 5.91 Å². The third-order valence-corrected chi connectivity index (χ3v) is 4.64. The molecule has 1 aliphatic carbocycles. The summed E-state index contributed by atoms with van der Waals surface area (Å²) >= 11 is 0. The van der Waals surface area contributed by atoms with Gasteiger partial charge in [0, 0.05) is 24.0 Å². The number of amides is 1. The molecule has 126 valence electrons. The highest BCUT2D eigenvalue weighted by atomic mass is 16.3. The Kier molecular flexibility index (Phi) is 5.23. The number of hydrogen-bond acceptors (Lipinski definition) is 4. The van der Waals surface area contributed by atoms with Crippen LogP contribution in [0.15, 0.2) is 48.8 Å². The third kappa shape index (κ3) is 3.99. The zero-order valence-electron chi connectivity index (χ0n) is 13.4. The highest BCUT2D eigenvalue weighted by Gasteiger charge is 2.34. The van der Waals surface area contributed by atoms with Gasteiger partial charge in [-0.1, -0.05) is 12.1 Å². The molecule has 0 unspecified atom stereocenters. The molecule has 5 nitrogen and oxygen atoms in total. The van der Waals surface area contributed by atoms with Crippen molar-refractivity contribution >= 4 is 5.91 Å². The van der Waals surface area contributed by atoms with Gasteiger partial charge in [-0.3, -0.25) is 9.78 Å². The van der Waals surface area contributed by atoms with Crippen molar-refractivity contribution in [3.05, 3.63) is 65.5 Å². The van der Waals surface area contributed by atoms with Crippen LogP contribution in [0.3, 0.4) is 0 Å². The van der Waals surface area contributed by atoms with Crippen LogP contribution < -0.4 is 5.32 Å². The van der Waals surface area contributed by atoms with Gasteiger partial charge >= 0.3 is 0 Å². The molecule has 24 heavy (non-hydrogen) atoms. The third-order valence-electron chi connectivity index (χ3n) is 4.64. The summed E-state index contributed by atoms with van der Waals surface area (Å²) in [5, 5.41) is 21.8. The summed E-state index contributed by atoms with van der Waals surface area (Å²) in [4.78, 5) is 16.5. The molecule has 5 heteroatoms. The van der Waals surface area contributed by atoms with Crippen molar-refractivity contribution in [2.75, 3.05) is 0 Å². The van der Waals surface area contributed by atoms with Crippen LogP contribution in [0.25, 0.3) is 0 Å². The number of pyridine rings is 1. The summed E-state index contributed by atoms with van der Waals surface area (Å²) in [6.07, 6.45) is 5.41. The summed E-state index contributed by atoms with van der Waals surface area (Å²) in [7, 11) is 0. The minimum absolute atomic E-state index is 0.0131. The number of carbonyl (C=O) groups is 1. The summed E-state index contributed by atoms with van der Waals surface area (Å²) in [6.45, 7) is -0.0352. The summed E-state index contributed by atoms with van der Waals surface area (Å²) in [5.41, 5.74) is 2.47. The quantitative estimate of drug-likeness (QED) is 0.754. The molecule has 1 fully saturated rings. The monoisotopic (exact) mass is 326 g/mol. The van der Waals surface area contributed by atoms with E-state index < -0.39 is 0 Å². The maximum Gasteiger partial charge on any atom is 0.251 e. The molecule has 1 saturated carbocycles. The number of nitrogens with zero attached hydrogens (tertiary/aromatic N) is 1. The normalized spacial score (nSPS) is 20.9. The van der Waals surface area contributed by atoms with Gasteiger partial charge in [-0.25, -0.2) is 0 Å². The van der Waals surface area contributed by atoms with E-state index in [2.05, 4.69) is 10.3 Å². The van der Waals surface area contributed by atoms with E-state index in [-0.39, 0.29) is 30.6 Å². The largest absolute Gasteiger partial charge is 0.393 e. The number of aliphatic hydroxyl groups excluding tert-OH is 2. The average Bonchev–Trinajstić information content (AvgIpc) is 2.59. The molecule has 1 aromatic carbocycles. The lowest BCUT2D eigenvalue weighted by atomic mass is 9.75. The van der Waals surface area contributed by atoms with Gasteiger partial charge in [0.1, 0.15) is 0 Å². The van der Waals surface area contributed by atoms with E-state index in [1.165, 1.54) is 0 Å². The van der Waals surface area contributed by atoms with Gasteiger partial charge in [0.05, 0.1) is 12.7 Å². The number of aromatic nitrogens is 1. The fourth-order valence-corrected chi connectivity index (χ4v) is 3.08. The first-order valence-corrected chi connectivity index (χ1v) is 8.23. The number of aliphatic hydroxyl groups is 2. The molecule has 1 atom stereocenters. The first-order valence-electron chi connectivity index (χ1n) is 8.23. The van der Waals surface area contributed by atoms with Crippen LogP contribution in [0.5, 0.6) is 0 Å². The standard InChI is InChI=1S/C19H22N2O3/c22-12-14-1-3-15(4-2-14)19(24)21-18(16-10-17(23)11-16)9-13-5-7-20-8-6-13/h1-8,16-18,22-23H,9-12H2,(H,21,24)/t16?,17?,18-/m0/s1. The lowest BCUT2D eigenvalue weighted by Gasteiger charge is -2.38. The first-order chi connectivity index (χ1) is 11.7. The minimum atomic E-state index is -0.254. The van der Waals surface area contributed by atoms with Crippen LogP contribution in [-0.2, 0) is 13.0 Å². The van der Waals surface area contributed by atoms with Crippen molar-refractivity contribution in [1.29, 1.82) is 0 Å². The molecule has 0 saturated heterocycles. The molecule has 1 aliphatic rings. The van der Waals surface area contributed by atoms with E-state index in [0.29, 0.717) is 5.56 Å². The second kappa shape index (κ2) is 7.55. The SMILES string of the molecule is O=C(N[C@@H](Cc1ccncc1)C1CC(O)C1)c1ccc(CO)cc1. The van der Waals surface area contributed by atoms with Gasteiger partial charge < -0.3 is 15.5 Å². The molecular weight excluding hydrogens is 304 g/mol. The molecule has 0 aliphatic heterocycles. The topological polar surface area (TPSA) is 82.5 Å². The van der Waals surface area contributed by atoms with Crippen LogP contribution in [0, 0.1) is 5.92 Å². The summed E-state index contributed by atoms with van der Waals surface area (Å²) in [5.74, 6) is 0.161. The Bertz CT molecular complexity index is 667. The molecule has 1 amide bonds. The number of hydrogen-bond donors (Lipinski definition) is 3. The summed E-state index contributed by atoms with van der Waals surface area (Å²) < 4.78 is 0. The first kappa shape index (κ1) is 16.6. The second-order valence-corrected chi connectivity index (χ2v) is 6.38. The van der Waals surface area contributed by atoms with E-state index >= 15 is 0 Å². The number of rotatable bonds is 6. The summed E-state index contributed by atoms with van der Waals surface area (Å²) in [6, 6.07) is 10.8. The highest BCUT2D eigenvalue weighted by Crippen LogP contribution is 2.31. The molecule has 0 radical (unpaired) electrons. The van der Waals surface area contributed by atoms with Gasteiger partial charge in [0.15, 0.2) is 0 Å². The highest BCUT2D eigenvalue weighted by molar-refractivity contribution is 5.94. The van der Waals surface area contributed by atoms with Crippen molar-refractivity contribution in [3.63, 3.8) is 0 Å². The average molecular weight is 326 g/mol. The van der Waals surface area contributed by atoms with Crippen LogP contribution in [-0.4, -0.2) is 33.3 Å². The van der Waals surface area contributed by atoms with Crippen LogP contribution >= 0.6 is 0 Å². The zero-order chi connectivity index (χ0) is 16.9. The Labute approximate surface area is 141 Å². The van der Waals surface area contributed by atoms with Crippen molar-refractivity contribution < 1.29 is 15.0 Å². The molecule has 3 rings (SSSR count). The van der Waals surface area contributed by atoms with Crippen LogP contribution in [0.1, 0.15) is 34.3 Å². The van der Waals surface area contributed by atoms with Crippen LogP contribution in [0.2, 0.25) is 0 Å². The van der Waals surface area contributed by atoms with Gasteiger partial charge in [-0.05, 0) is 60.6 Å². The molecule has 1 heterocycles. The lowest BCUT2D eigenvalue weighted by Crippen LogP contribution is -2.48. The van der Waals surface area contributed by atoms with Crippen LogP contribution in [0.4, 0.5) is 0 Å². The Hall–Kier alpha value is -2.24. The Balaban J connectivity index is 1.69. The van der Waals surface area contributed by atoms with Crippen molar-refractivity contribution in [1.82, 2.24) is 10.3 Å². The van der Waals surface area contributed by atoms with Crippen molar-refractivity contribution in [2.24, 2.45) is 5.92 Å². The molecule has 1 aromatic heterocycles. The number of benzene rings is 1. The van der Waals surface area contributed by atoms with Gasteiger partial charge in [0.2, 0.25) is 0 Å². The van der Waals surface area contributed by atoms with Gasteiger partial charge in [-0.15, -0.1) is 0 Å². The second-order valence-electron chi connectivity index (χ2n) is 6.38. The Morgan fingerprint density at radius 2 is 1.79 bits per heavy atom. The van der Waals surface area contributed by atoms with E-state index in [0.717, 1.165) is 30.4 Å². The number of nitrogens with one attached hydrogen (secondary N) is 1. The molecule has 0 bridgehead atoms. The number of carbonyl (C=O) groups excluding carboxylic acids is 1. The molecule has 0 spiro atoms. The predicted molar refractivity (Wildman–Crippen MR) is 90.3 cm³/mol. The fourth-order valence-electron chi connectivity index (χ4n) is 3.08. The molecule has 3 N–H and O–H groups in total. The smallest absolute Gasteiger partial charge is 0.251 e. The maximum absolute atomic E-state index is 12.5. The van der Waals surface area contributed by atoms with E-state index in [1.54, 1.807) is 36.7 Å².